The van der Waals surface area contributed by atoms with Gasteiger partial charge >= 0.3 is 0 Å². The fourth-order valence-electron chi connectivity index (χ4n) is 0.937. The predicted octanol–water partition coefficient (Wildman–Crippen LogP) is 3.34. The zero-order valence-corrected chi connectivity index (χ0v) is 7.24. The van der Waals surface area contributed by atoms with Crippen molar-refractivity contribution in [3.8, 4) is 0 Å². The fourth-order valence-corrected chi connectivity index (χ4v) is 1.89. The molecule has 0 aromatic carbocycles. The Balaban J connectivity index is 2.90. The molecule has 1 rings (SSSR count). The van der Waals surface area contributed by atoms with Crippen LogP contribution in [0.25, 0.3) is 6.08 Å². The van der Waals surface area contributed by atoms with Crippen molar-refractivity contribution in [3.05, 3.63) is 28.0 Å². The molecule has 1 heteroatoms. The van der Waals surface area contributed by atoms with E-state index >= 15 is 0 Å². The van der Waals surface area contributed by atoms with Gasteiger partial charge in [0.1, 0.15) is 0 Å². The number of rotatable bonds is 2. The molecule has 1 heterocycles. The highest BCUT2D eigenvalue weighted by Gasteiger charge is 1.95. The van der Waals surface area contributed by atoms with Crippen molar-refractivity contribution in [2.45, 2.75) is 20.3 Å². The van der Waals surface area contributed by atoms with Crippen molar-refractivity contribution in [3.63, 3.8) is 0 Å². The first-order chi connectivity index (χ1) is 4.88. The van der Waals surface area contributed by atoms with Crippen LogP contribution in [0, 0.1) is 0 Å². The van der Waals surface area contributed by atoms with E-state index in [4.69, 9.17) is 0 Å². The Hall–Kier alpha value is -0.560. The van der Waals surface area contributed by atoms with Gasteiger partial charge in [0.15, 0.2) is 0 Å². The number of hydrogen-bond donors (Lipinski definition) is 0. The fraction of sp³-hybridized carbons (Fsp3) is 0.333. The monoisotopic (exact) mass is 152 g/mol. The summed E-state index contributed by atoms with van der Waals surface area (Å²) >= 11 is 1.81. The number of hydrogen-bond acceptors (Lipinski definition) is 1. The summed E-state index contributed by atoms with van der Waals surface area (Å²) in [6.07, 6.45) is 5.40. The van der Waals surface area contributed by atoms with E-state index in [-0.39, 0.29) is 0 Å². The van der Waals surface area contributed by atoms with Gasteiger partial charge in [0, 0.05) is 4.88 Å². The molecule has 0 nitrogen and oxygen atoms in total. The van der Waals surface area contributed by atoms with Gasteiger partial charge in [-0.05, 0) is 36.4 Å². The molecule has 0 saturated carbocycles. The minimum absolute atomic E-state index is 1.14. The summed E-state index contributed by atoms with van der Waals surface area (Å²) in [7, 11) is 0. The van der Waals surface area contributed by atoms with Crippen LogP contribution in [0.15, 0.2) is 17.5 Å². The summed E-state index contributed by atoms with van der Waals surface area (Å²) in [4.78, 5) is 1.41. The van der Waals surface area contributed by atoms with E-state index in [1.807, 2.05) is 11.3 Å². The van der Waals surface area contributed by atoms with Crippen molar-refractivity contribution in [1.82, 2.24) is 0 Å². The van der Waals surface area contributed by atoms with Crippen LogP contribution in [0.5, 0.6) is 0 Å². The van der Waals surface area contributed by atoms with Crippen LogP contribution >= 0.6 is 11.3 Å². The second kappa shape index (κ2) is 3.57. The van der Waals surface area contributed by atoms with Gasteiger partial charge in [-0.25, -0.2) is 0 Å². The van der Waals surface area contributed by atoms with Crippen LogP contribution in [-0.4, -0.2) is 0 Å². The minimum atomic E-state index is 1.14. The first-order valence-corrected chi connectivity index (χ1v) is 4.45. The predicted molar refractivity (Wildman–Crippen MR) is 48.4 cm³/mol. The maximum absolute atomic E-state index is 2.19. The molecular formula is C9H12S. The van der Waals surface area contributed by atoms with Crippen LogP contribution in [0.2, 0.25) is 0 Å². The Morgan fingerprint density at radius 3 is 3.00 bits per heavy atom. The number of thiophene rings is 1. The zero-order chi connectivity index (χ0) is 7.40. The van der Waals surface area contributed by atoms with Crippen LogP contribution in [-0.2, 0) is 6.42 Å². The molecule has 0 radical (unpaired) electrons. The third-order valence-electron chi connectivity index (χ3n) is 1.48. The summed E-state index contributed by atoms with van der Waals surface area (Å²) in [6.45, 7) is 4.24. The highest BCUT2D eigenvalue weighted by molar-refractivity contribution is 7.11. The van der Waals surface area contributed by atoms with Gasteiger partial charge in [-0.2, -0.15) is 0 Å². The molecule has 1 aromatic heterocycles. The Kier molecular flexibility index (Phi) is 2.69. The van der Waals surface area contributed by atoms with E-state index in [1.165, 1.54) is 10.4 Å². The van der Waals surface area contributed by atoms with E-state index in [0.717, 1.165) is 6.42 Å². The van der Waals surface area contributed by atoms with E-state index in [0.29, 0.717) is 0 Å². The average Bonchev–Trinajstić information content (AvgIpc) is 2.36. The number of aryl methyl sites for hydroxylation is 1. The quantitative estimate of drug-likeness (QED) is 0.609. The van der Waals surface area contributed by atoms with Crippen molar-refractivity contribution in [1.29, 1.82) is 0 Å². The molecule has 1 aromatic rings. The molecule has 0 spiro atoms. The van der Waals surface area contributed by atoms with E-state index < -0.39 is 0 Å². The van der Waals surface area contributed by atoms with Gasteiger partial charge in [-0.1, -0.05) is 13.0 Å². The standard InChI is InChI=1S/C9H12S/c1-3-5-9-8(4-2)6-7-10-9/h3,5-7H,4H2,1-2H3. The van der Waals surface area contributed by atoms with E-state index in [2.05, 4.69) is 37.4 Å². The van der Waals surface area contributed by atoms with Crippen molar-refractivity contribution < 1.29 is 0 Å². The highest BCUT2D eigenvalue weighted by atomic mass is 32.1. The summed E-state index contributed by atoms with van der Waals surface area (Å²) < 4.78 is 0. The average molecular weight is 152 g/mol. The summed E-state index contributed by atoms with van der Waals surface area (Å²) in [6, 6.07) is 2.19. The molecule has 0 aliphatic carbocycles. The Bertz CT molecular complexity index is 220. The van der Waals surface area contributed by atoms with Gasteiger partial charge in [0.05, 0.1) is 0 Å². The normalized spacial score (nSPS) is 11.0. The first-order valence-electron chi connectivity index (χ1n) is 3.57. The molecular weight excluding hydrogens is 140 g/mol. The molecule has 0 saturated heterocycles. The van der Waals surface area contributed by atoms with Gasteiger partial charge in [0.25, 0.3) is 0 Å². The van der Waals surface area contributed by atoms with Gasteiger partial charge < -0.3 is 0 Å². The SMILES string of the molecule is CC=Cc1sccc1CC. The molecule has 0 bridgehead atoms. The molecule has 54 valence electrons. The molecule has 0 unspecified atom stereocenters. The Morgan fingerprint density at radius 1 is 1.60 bits per heavy atom. The Morgan fingerprint density at radius 2 is 2.40 bits per heavy atom. The van der Waals surface area contributed by atoms with Gasteiger partial charge in [-0.15, -0.1) is 11.3 Å². The van der Waals surface area contributed by atoms with Gasteiger partial charge in [0.2, 0.25) is 0 Å². The summed E-state index contributed by atoms with van der Waals surface area (Å²) in [5.41, 5.74) is 1.46. The largest absolute Gasteiger partial charge is 0.144 e. The minimum Gasteiger partial charge on any atom is -0.144 e. The van der Waals surface area contributed by atoms with Crippen molar-refractivity contribution in [2.75, 3.05) is 0 Å². The van der Waals surface area contributed by atoms with E-state index in [9.17, 15) is 0 Å². The van der Waals surface area contributed by atoms with E-state index in [1.54, 1.807) is 0 Å². The van der Waals surface area contributed by atoms with Crippen molar-refractivity contribution in [2.24, 2.45) is 0 Å². The second-order valence-electron chi connectivity index (χ2n) is 2.16. The molecule has 0 atom stereocenters. The lowest BCUT2D eigenvalue weighted by molar-refractivity contribution is 1.15. The maximum atomic E-state index is 2.19. The summed E-state index contributed by atoms with van der Waals surface area (Å²) in [5, 5.41) is 2.15. The third kappa shape index (κ3) is 1.48. The number of allylic oxidation sites excluding steroid dienone is 1. The van der Waals surface area contributed by atoms with Crippen LogP contribution in [0.3, 0.4) is 0 Å². The van der Waals surface area contributed by atoms with Crippen LogP contribution in [0.4, 0.5) is 0 Å². The smallest absolute Gasteiger partial charge is 0.0298 e. The highest BCUT2D eigenvalue weighted by Crippen LogP contribution is 2.18. The molecule has 0 N–H and O–H groups in total. The lowest BCUT2D eigenvalue weighted by Gasteiger charge is -1.90. The van der Waals surface area contributed by atoms with Crippen molar-refractivity contribution >= 4 is 17.4 Å². The molecule has 0 aliphatic heterocycles. The first kappa shape index (κ1) is 7.55. The molecule has 0 fully saturated rings. The van der Waals surface area contributed by atoms with Crippen LogP contribution < -0.4 is 0 Å². The topological polar surface area (TPSA) is 0 Å². The third-order valence-corrected chi connectivity index (χ3v) is 2.40. The molecule has 0 amide bonds. The maximum Gasteiger partial charge on any atom is 0.0298 e. The molecule has 10 heavy (non-hydrogen) atoms. The summed E-state index contributed by atoms with van der Waals surface area (Å²) in [5.74, 6) is 0. The molecule has 0 aliphatic rings. The lowest BCUT2D eigenvalue weighted by Crippen LogP contribution is -1.75. The Labute approximate surface area is 66.2 Å². The second-order valence-corrected chi connectivity index (χ2v) is 3.11. The van der Waals surface area contributed by atoms with Gasteiger partial charge in [-0.3, -0.25) is 0 Å². The van der Waals surface area contributed by atoms with Crippen LogP contribution in [0.1, 0.15) is 24.3 Å². The lowest BCUT2D eigenvalue weighted by atomic mass is 10.2. The zero-order valence-electron chi connectivity index (χ0n) is 6.42.